The fraction of sp³-hybridized carbons (Fsp3) is 0.0714. The molecular formula is C28H21FN2O2S. The molecule has 5 rings (SSSR count). The van der Waals surface area contributed by atoms with Crippen molar-refractivity contribution in [3.8, 4) is 11.3 Å². The number of benzene rings is 3. The molecule has 1 aromatic heterocycles. The van der Waals surface area contributed by atoms with Gasteiger partial charge in [-0.1, -0.05) is 35.4 Å². The van der Waals surface area contributed by atoms with Crippen LogP contribution in [-0.2, 0) is 4.79 Å². The first-order chi connectivity index (χ1) is 16.5. The van der Waals surface area contributed by atoms with Gasteiger partial charge in [-0.3, -0.25) is 9.69 Å². The maximum atomic E-state index is 13.4. The zero-order valence-corrected chi connectivity index (χ0v) is 19.5. The van der Waals surface area contributed by atoms with Crippen molar-refractivity contribution < 1.29 is 13.6 Å². The van der Waals surface area contributed by atoms with E-state index in [-0.39, 0.29) is 11.7 Å². The molecule has 6 heteroatoms. The number of nitrogens with zero attached hydrogens (tertiary/aromatic N) is 2. The van der Waals surface area contributed by atoms with E-state index in [1.807, 2.05) is 68.4 Å². The molecular weight excluding hydrogens is 447 g/mol. The summed E-state index contributed by atoms with van der Waals surface area (Å²) >= 11 is 1.30. The van der Waals surface area contributed by atoms with E-state index >= 15 is 0 Å². The Morgan fingerprint density at radius 1 is 0.853 bits per heavy atom. The van der Waals surface area contributed by atoms with Gasteiger partial charge in [-0.05, 0) is 86.3 Å². The first-order valence-electron chi connectivity index (χ1n) is 10.8. The molecule has 1 aliphatic heterocycles. The maximum Gasteiger partial charge on any atom is 0.271 e. The zero-order chi connectivity index (χ0) is 23.7. The molecule has 0 N–H and O–H groups in total. The second kappa shape index (κ2) is 9.15. The van der Waals surface area contributed by atoms with Crippen molar-refractivity contribution in [2.24, 2.45) is 4.99 Å². The van der Waals surface area contributed by atoms with Crippen molar-refractivity contribution in [3.05, 3.63) is 113 Å². The normalized spacial score (nSPS) is 16.1. The summed E-state index contributed by atoms with van der Waals surface area (Å²) in [6.45, 7) is 4.03. The van der Waals surface area contributed by atoms with Crippen LogP contribution >= 0.6 is 11.8 Å². The van der Waals surface area contributed by atoms with Gasteiger partial charge in [-0.2, -0.15) is 0 Å². The molecule has 1 aliphatic rings. The Hall–Kier alpha value is -3.90. The molecule has 1 fully saturated rings. The van der Waals surface area contributed by atoms with Crippen LogP contribution in [0.25, 0.3) is 17.4 Å². The molecule has 0 unspecified atom stereocenters. The van der Waals surface area contributed by atoms with Crippen LogP contribution in [0.4, 0.5) is 15.8 Å². The first kappa shape index (κ1) is 21.9. The SMILES string of the molecule is Cc1ccc(N=C2S/C(=C/c3ccc(-c4ccc(F)cc4)o3)C(=O)N2c2ccc(C)cc2)cc1. The number of anilines is 1. The van der Waals surface area contributed by atoms with Crippen LogP contribution in [0.1, 0.15) is 16.9 Å². The molecule has 0 aliphatic carbocycles. The van der Waals surface area contributed by atoms with E-state index in [1.165, 1.54) is 23.9 Å². The lowest BCUT2D eigenvalue weighted by atomic mass is 10.2. The highest BCUT2D eigenvalue weighted by molar-refractivity contribution is 8.19. The van der Waals surface area contributed by atoms with Gasteiger partial charge in [0, 0.05) is 11.6 Å². The minimum atomic E-state index is -0.304. The lowest BCUT2D eigenvalue weighted by Gasteiger charge is -2.16. The molecule has 4 aromatic rings. The Labute approximate surface area is 201 Å². The van der Waals surface area contributed by atoms with Gasteiger partial charge in [-0.25, -0.2) is 9.38 Å². The van der Waals surface area contributed by atoms with E-state index in [9.17, 15) is 9.18 Å². The van der Waals surface area contributed by atoms with Crippen LogP contribution in [0.3, 0.4) is 0 Å². The van der Waals surface area contributed by atoms with E-state index in [0.29, 0.717) is 21.6 Å². The molecule has 1 amide bonds. The third-order valence-electron chi connectivity index (χ3n) is 5.39. The Morgan fingerprint density at radius 2 is 1.50 bits per heavy atom. The van der Waals surface area contributed by atoms with Crippen LogP contribution in [0.15, 0.2) is 99.2 Å². The van der Waals surface area contributed by atoms with Crippen LogP contribution in [-0.4, -0.2) is 11.1 Å². The van der Waals surface area contributed by atoms with Gasteiger partial charge in [-0.15, -0.1) is 0 Å². The van der Waals surface area contributed by atoms with Crippen LogP contribution in [0.5, 0.6) is 0 Å². The van der Waals surface area contributed by atoms with Gasteiger partial charge < -0.3 is 4.42 Å². The molecule has 2 heterocycles. The van der Waals surface area contributed by atoms with E-state index in [0.717, 1.165) is 28.1 Å². The van der Waals surface area contributed by atoms with Gasteiger partial charge in [0.05, 0.1) is 16.3 Å². The minimum absolute atomic E-state index is 0.167. The summed E-state index contributed by atoms with van der Waals surface area (Å²) < 4.78 is 19.2. The number of rotatable bonds is 4. The summed E-state index contributed by atoms with van der Waals surface area (Å²) in [6.07, 6.45) is 1.72. The van der Waals surface area contributed by atoms with Crippen molar-refractivity contribution in [3.63, 3.8) is 0 Å². The highest BCUT2D eigenvalue weighted by atomic mass is 32.2. The van der Waals surface area contributed by atoms with Gasteiger partial charge in [0.15, 0.2) is 5.17 Å². The number of aliphatic imine (C=N–C) groups is 1. The fourth-order valence-electron chi connectivity index (χ4n) is 3.53. The number of hydrogen-bond donors (Lipinski definition) is 0. The molecule has 168 valence electrons. The van der Waals surface area contributed by atoms with Crippen LogP contribution in [0.2, 0.25) is 0 Å². The Balaban J connectivity index is 1.50. The highest BCUT2D eigenvalue weighted by Crippen LogP contribution is 2.38. The maximum absolute atomic E-state index is 13.4. The summed E-state index contributed by atoms with van der Waals surface area (Å²) in [7, 11) is 0. The molecule has 0 bridgehead atoms. The average molecular weight is 469 g/mol. The number of amidine groups is 1. The molecule has 1 saturated heterocycles. The first-order valence-corrected chi connectivity index (χ1v) is 11.6. The lowest BCUT2D eigenvalue weighted by Crippen LogP contribution is -2.28. The largest absolute Gasteiger partial charge is 0.457 e. The molecule has 0 saturated carbocycles. The van der Waals surface area contributed by atoms with Crippen molar-refractivity contribution in [2.75, 3.05) is 4.90 Å². The number of carbonyl (C=O) groups is 1. The summed E-state index contributed by atoms with van der Waals surface area (Å²) in [4.78, 5) is 20.3. The third kappa shape index (κ3) is 4.58. The van der Waals surface area contributed by atoms with Gasteiger partial charge in [0.2, 0.25) is 0 Å². The number of carbonyl (C=O) groups excluding carboxylic acids is 1. The molecule has 0 spiro atoms. The topological polar surface area (TPSA) is 45.8 Å². The van der Waals surface area contributed by atoms with E-state index in [4.69, 9.17) is 9.41 Å². The molecule has 0 atom stereocenters. The number of halogens is 1. The monoisotopic (exact) mass is 468 g/mol. The van der Waals surface area contributed by atoms with Crippen LogP contribution in [0, 0.1) is 19.7 Å². The number of thioether (sulfide) groups is 1. The Morgan fingerprint density at radius 3 is 2.18 bits per heavy atom. The summed E-state index contributed by atoms with van der Waals surface area (Å²) in [5.41, 5.74) is 4.55. The Bertz CT molecular complexity index is 1400. The number of furan rings is 1. The molecule has 0 radical (unpaired) electrons. The van der Waals surface area contributed by atoms with E-state index in [2.05, 4.69) is 0 Å². The second-order valence-electron chi connectivity index (χ2n) is 8.03. The minimum Gasteiger partial charge on any atom is -0.457 e. The predicted octanol–water partition coefficient (Wildman–Crippen LogP) is 7.51. The molecule has 3 aromatic carbocycles. The van der Waals surface area contributed by atoms with Crippen molar-refractivity contribution in [1.82, 2.24) is 0 Å². The lowest BCUT2D eigenvalue weighted by molar-refractivity contribution is -0.113. The average Bonchev–Trinajstić information content (AvgIpc) is 3.41. The predicted molar refractivity (Wildman–Crippen MR) is 137 cm³/mol. The van der Waals surface area contributed by atoms with Crippen molar-refractivity contribution >= 4 is 40.3 Å². The quantitative estimate of drug-likeness (QED) is 0.291. The van der Waals surface area contributed by atoms with E-state index < -0.39 is 0 Å². The van der Waals surface area contributed by atoms with Gasteiger partial charge in [0.25, 0.3) is 5.91 Å². The van der Waals surface area contributed by atoms with Gasteiger partial charge >= 0.3 is 0 Å². The standard InChI is InChI=1S/C28H21FN2O2S/c1-18-3-11-22(12-4-18)30-28-31(23-13-5-19(2)6-14-23)27(32)26(34-28)17-24-15-16-25(33-24)20-7-9-21(29)10-8-20/h3-17H,1-2H3/b26-17+,30-28?. The van der Waals surface area contributed by atoms with Crippen LogP contribution < -0.4 is 4.90 Å². The summed E-state index contributed by atoms with van der Waals surface area (Å²) in [5.74, 6) is 0.670. The van der Waals surface area contributed by atoms with Crippen molar-refractivity contribution in [2.45, 2.75) is 13.8 Å². The number of aryl methyl sites for hydroxylation is 2. The Kier molecular flexibility index (Phi) is 5.90. The summed E-state index contributed by atoms with van der Waals surface area (Å²) in [6, 6.07) is 25.3. The number of hydrogen-bond acceptors (Lipinski definition) is 4. The second-order valence-corrected chi connectivity index (χ2v) is 9.03. The van der Waals surface area contributed by atoms with Crippen molar-refractivity contribution in [1.29, 1.82) is 0 Å². The van der Waals surface area contributed by atoms with E-state index in [1.54, 1.807) is 29.2 Å². The highest BCUT2D eigenvalue weighted by Gasteiger charge is 2.35. The number of amides is 1. The molecule has 34 heavy (non-hydrogen) atoms. The zero-order valence-electron chi connectivity index (χ0n) is 18.7. The smallest absolute Gasteiger partial charge is 0.271 e. The fourth-order valence-corrected chi connectivity index (χ4v) is 4.51. The molecule has 4 nitrogen and oxygen atoms in total. The van der Waals surface area contributed by atoms with Gasteiger partial charge in [0.1, 0.15) is 17.3 Å². The third-order valence-corrected chi connectivity index (χ3v) is 6.35. The summed E-state index contributed by atoms with van der Waals surface area (Å²) in [5, 5.41) is 0.578.